The number of esters is 4. The van der Waals surface area contributed by atoms with Crippen LogP contribution in [-0.4, -0.2) is 45.2 Å². The quantitative estimate of drug-likeness (QED) is 0.544. The van der Waals surface area contributed by atoms with E-state index in [0.717, 1.165) is 0 Å². The fourth-order valence-electron chi connectivity index (χ4n) is 3.13. The lowest BCUT2D eigenvalue weighted by Crippen LogP contribution is -2.37. The Hall–Kier alpha value is -3.62. The molecule has 0 bridgehead atoms. The van der Waals surface area contributed by atoms with Gasteiger partial charge in [-0.25, -0.2) is 14.4 Å². The number of benzene rings is 1. The van der Waals surface area contributed by atoms with Crippen molar-refractivity contribution >= 4 is 23.9 Å². The standard InChI is InChI=1S/C21H23NO8/c1-11-15(19(24)28-4)17(16(12(2)22-11)20(25)29-5)21(26)30-10-13-7-6-8-14(9-13)18(23)27-3/h6-9,17,22H,10H2,1-5H3. The number of allylic oxidation sites excluding steroid dienone is 2. The maximum Gasteiger partial charge on any atom is 0.337 e. The van der Waals surface area contributed by atoms with Gasteiger partial charge in [0.2, 0.25) is 0 Å². The van der Waals surface area contributed by atoms with Crippen LogP contribution in [-0.2, 0) is 39.9 Å². The van der Waals surface area contributed by atoms with E-state index in [1.54, 1.807) is 32.0 Å². The van der Waals surface area contributed by atoms with E-state index in [9.17, 15) is 19.2 Å². The monoisotopic (exact) mass is 417 g/mol. The number of dihydropyridines is 1. The van der Waals surface area contributed by atoms with Gasteiger partial charge in [-0.05, 0) is 31.5 Å². The van der Waals surface area contributed by atoms with E-state index < -0.39 is 29.8 Å². The van der Waals surface area contributed by atoms with Crippen LogP contribution in [0.2, 0.25) is 0 Å². The Labute approximate surface area is 173 Å². The SMILES string of the molecule is COC(=O)C1=C(C)NC(C)=C(C(=O)OC)C1C(=O)OCc1cccc(C(=O)OC)c1. The minimum Gasteiger partial charge on any atom is -0.466 e. The van der Waals surface area contributed by atoms with Gasteiger partial charge in [0.05, 0.1) is 38.0 Å². The number of nitrogens with one attached hydrogen (secondary N) is 1. The molecule has 0 radical (unpaired) electrons. The van der Waals surface area contributed by atoms with Crippen molar-refractivity contribution in [1.29, 1.82) is 0 Å². The number of methoxy groups -OCH3 is 3. The van der Waals surface area contributed by atoms with Crippen LogP contribution in [0.25, 0.3) is 0 Å². The van der Waals surface area contributed by atoms with E-state index in [4.69, 9.17) is 14.2 Å². The number of carbonyl (C=O) groups is 4. The summed E-state index contributed by atoms with van der Waals surface area (Å²) in [6.45, 7) is 2.99. The molecule has 2 rings (SSSR count). The second-order valence-corrected chi connectivity index (χ2v) is 6.42. The molecule has 1 aromatic carbocycles. The van der Waals surface area contributed by atoms with Crippen LogP contribution in [0.4, 0.5) is 0 Å². The number of hydrogen-bond donors (Lipinski definition) is 1. The summed E-state index contributed by atoms with van der Waals surface area (Å²) in [6.07, 6.45) is 0. The molecule has 0 unspecified atom stereocenters. The number of rotatable bonds is 6. The zero-order valence-electron chi connectivity index (χ0n) is 17.4. The second-order valence-electron chi connectivity index (χ2n) is 6.42. The topological polar surface area (TPSA) is 117 Å². The van der Waals surface area contributed by atoms with Gasteiger partial charge < -0.3 is 24.3 Å². The van der Waals surface area contributed by atoms with Gasteiger partial charge in [-0.1, -0.05) is 12.1 Å². The van der Waals surface area contributed by atoms with Gasteiger partial charge in [0, 0.05) is 11.4 Å². The highest BCUT2D eigenvalue weighted by Crippen LogP contribution is 2.32. The molecular formula is C21H23NO8. The molecule has 1 N–H and O–H groups in total. The molecule has 1 aromatic rings. The van der Waals surface area contributed by atoms with E-state index in [0.29, 0.717) is 22.5 Å². The molecule has 0 spiro atoms. The van der Waals surface area contributed by atoms with Crippen LogP contribution >= 0.6 is 0 Å². The summed E-state index contributed by atoms with van der Waals surface area (Å²) in [5, 5.41) is 2.89. The summed E-state index contributed by atoms with van der Waals surface area (Å²) < 4.78 is 19.6. The van der Waals surface area contributed by atoms with Gasteiger partial charge in [-0.3, -0.25) is 4.79 Å². The minimum atomic E-state index is -1.32. The van der Waals surface area contributed by atoms with Crippen LogP contribution in [0.15, 0.2) is 46.8 Å². The maximum absolute atomic E-state index is 13.0. The first-order valence-corrected chi connectivity index (χ1v) is 8.94. The van der Waals surface area contributed by atoms with Crippen molar-refractivity contribution in [1.82, 2.24) is 5.32 Å². The summed E-state index contributed by atoms with van der Waals surface area (Å²) in [5.41, 5.74) is 1.46. The molecule has 9 heteroatoms. The maximum atomic E-state index is 13.0. The zero-order chi connectivity index (χ0) is 22.4. The molecule has 0 aliphatic carbocycles. The number of carbonyl (C=O) groups excluding carboxylic acids is 4. The van der Waals surface area contributed by atoms with Crippen molar-refractivity contribution < 1.29 is 38.1 Å². The van der Waals surface area contributed by atoms with Crippen molar-refractivity contribution in [2.24, 2.45) is 5.92 Å². The minimum absolute atomic E-state index is 0.0446. The lowest BCUT2D eigenvalue weighted by molar-refractivity contribution is -0.152. The predicted molar refractivity (Wildman–Crippen MR) is 104 cm³/mol. The fraction of sp³-hybridized carbons (Fsp3) is 0.333. The van der Waals surface area contributed by atoms with Crippen LogP contribution in [0.1, 0.15) is 29.8 Å². The summed E-state index contributed by atoms with van der Waals surface area (Å²) in [4.78, 5) is 49.3. The lowest BCUT2D eigenvalue weighted by Gasteiger charge is -2.28. The Morgan fingerprint density at radius 1 is 0.867 bits per heavy atom. The molecule has 1 aliphatic heterocycles. The van der Waals surface area contributed by atoms with Crippen molar-refractivity contribution in [3.8, 4) is 0 Å². The molecule has 9 nitrogen and oxygen atoms in total. The van der Waals surface area contributed by atoms with E-state index in [-0.39, 0.29) is 17.8 Å². The van der Waals surface area contributed by atoms with E-state index >= 15 is 0 Å². The molecule has 160 valence electrons. The van der Waals surface area contributed by atoms with Gasteiger partial charge in [0.25, 0.3) is 0 Å². The largest absolute Gasteiger partial charge is 0.466 e. The lowest BCUT2D eigenvalue weighted by atomic mass is 9.85. The summed E-state index contributed by atoms with van der Waals surface area (Å²) >= 11 is 0. The highest BCUT2D eigenvalue weighted by Gasteiger charge is 2.42. The molecule has 0 atom stereocenters. The smallest absolute Gasteiger partial charge is 0.337 e. The second kappa shape index (κ2) is 9.73. The number of hydrogen-bond acceptors (Lipinski definition) is 9. The van der Waals surface area contributed by atoms with Gasteiger partial charge in [0.1, 0.15) is 12.5 Å². The van der Waals surface area contributed by atoms with Crippen LogP contribution in [0, 0.1) is 5.92 Å². The molecule has 0 saturated heterocycles. The average molecular weight is 417 g/mol. The Kier molecular flexibility index (Phi) is 7.35. The van der Waals surface area contributed by atoms with Crippen molar-refractivity contribution in [3.05, 3.63) is 57.9 Å². The Balaban J connectivity index is 2.35. The molecule has 1 heterocycles. The third-order valence-corrected chi connectivity index (χ3v) is 4.54. The molecule has 0 fully saturated rings. The van der Waals surface area contributed by atoms with Gasteiger partial charge in [-0.15, -0.1) is 0 Å². The molecular weight excluding hydrogens is 394 g/mol. The van der Waals surface area contributed by atoms with Gasteiger partial charge in [-0.2, -0.15) is 0 Å². The van der Waals surface area contributed by atoms with Crippen LogP contribution in [0.3, 0.4) is 0 Å². The van der Waals surface area contributed by atoms with Gasteiger partial charge >= 0.3 is 23.9 Å². The highest BCUT2D eigenvalue weighted by molar-refractivity contribution is 6.05. The molecule has 30 heavy (non-hydrogen) atoms. The van der Waals surface area contributed by atoms with Crippen molar-refractivity contribution in [2.75, 3.05) is 21.3 Å². The van der Waals surface area contributed by atoms with Crippen LogP contribution < -0.4 is 5.32 Å². The number of ether oxygens (including phenoxy) is 4. The van der Waals surface area contributed by atoms with E-state index in [1.165, 1.54) is 27.4 Å². The first-order valence-electron chi connectivity index (χ1n) is 8.94. The molecule has 0 amide bonds. The summed E-state index contributed by atoms with van der Waals surface area (Å²) in [5.74, 6) is -4.24. The van der Waals surface area contributed by atoms with Crippen molar-refractivity contribution in [3.63, 3.8) is 0 Å². The van der Waals surface area contributed by atoms with Gasteiger partial charge in [0.15, 0.2) is 0 Å². The van der Waals surface area contributed by atoms with E-state index in [1.807, 2.05) is 0 Å². The summed E-state index contributed by atoms with van der Waals surface area (Å²) in [6, 6.07) is 6.36. The average Bonchev–Trinajstić information content (AvgIpc) is 2.75. The predicted octanol–water partition coefficient (Wildman–Crippen LogP) is 1.63. The Bertz CT molecular complexity index is 906. The fourth-order valence-corrected chi connectivity index (χ4v) is 3.13. The Morgan fingerprint density at radius 3 is 1.90 bits per heavy atom. The normalized spacial score (nSPS) is 14.0. The van der Waals surface area contributed by atoms with E-state index in [2.05, 4.69) is 10.1 Å². The summed E-state index contributed by atoms with van der Waals surface area (Å²) in [7, 11) is 3.61. The first-order chi connectivity index (χ1) is 14.2. The van der Waals surface area contributed by atoms with Crippen molar-refractivity contribution in [2.45, 2.75) is 20.5 Å². The zero-order valence-corrected chi connectivity index (χ0v) is 17.4. The third-order valence-electron chi connectivity index (χ3n) is 4.54. The van der Waals surface area contributed by atoms with Crippen LogP contribution in [0.5, 0.6) is 0 Å². The molecule has 0 saturated carbocycles. The molecule has 0 aromatic heterocycles. The Morgan fingerprint density at radius 2 is 1.40 bits per heavy atom. The molecule has 1 aliphatic rings. The highest BCUT2D eigenvalue weighted by atomic mass is 16.5. The third kappa shape index (κ3) is 4.68. The first kappa shape index (κ1) is 22.7.